The number of para-hydroxylation sites is 1. The number of hydrogen-bond acceptors (Lipinski definition) is 3. The van der Waals surface area contributed by atoms with E-state index >= 15 is 0 Å². The SMILES string of the molecule is Cc1c(Cl)nc(C2COc3ccccc32)nc1Cl. The zero-order valence-electron chi connectivity index (χ0n) is 9.65. The Morgan fingerprint density at radius 2 is 1.83 bits per heavy atom. The second-order valence-corrected chi connectivity index (χ2v) is 4.91. The van der Waals surface area contributed by atoms with Crippen molar-refractivity contribution in [3.63, 3.8) is 0 Å². The van der Waals surface area contributed by atoms with Gasteiger partial charge in [0.05, 0.1) is 5.92 Å². The largest absolute Gasteiger partial charge is 0.492 e. The van der Waals surface area contributed by atoms with Gasteiger partial charge in [-0.3, -0.25) is 0 Å². The first-order valence-electron chi connectivity index (χ1n) is 5.58. The smallest absolute Gasteiger partial charge is 0.142 e. The fourth-order valence-electron chi connectivity index (χ4n) is 2.01. The Morgan fingerprint density at radius 1 is 1.17 bits per heavy atom. The van der Waals surface area contributed by atoms with Gasteiger partial charge >= 0.3 is 0 Å². The lowest BCUT2D eigenvalue weighted by Gasteiger charge is -2.09. The van der Waals surface area contributed by atoms with Crippen LogP contribution in [0.1, 0.15) is 22.9 Å². The van der Waals surface area contributed by atoms with Gasteiger partial charge in [0.1, 0.15) is 28.5 Å². The lowest BCUT2D eigenvalue weighted by molar-refractivity contribution is 0.339. The van der Waals surface area contributed by atoms with Gasteiger partial charge in [0.2, 0.25) is 0 Å². The van der Waals surface area contributed by atoms with Crippen LogP contribution in [-0.4, -0.2) is 16.6 Å². The van der Waals surface area contributed by atoms with E-state index < -0.39 is 0 Å². The Labute approximate surface area is 115 Å². The van der Waals surface area contributed by atoms with E-state index in [1.807, 2.05) is 24.3 Å². The number of ether oxygens (including phenoxy) is 1. The molecule has 0 bridgehead atoms. The second kappa shape index (κ2) is 4.41. The quantitative estimate of drug-likeness (QED) is 0.749. The van der Waals surface area contributed by atoms with Crippen molar-refractivity contribution in [2.24, 2.45) is 0 Å². The molecule has 0 saturated carbocycles. The first kappa shape index (κ1) is 11.8. The first-order chi connectivity index (χ1) is 8.66. The highest BCUT2D eigenvalue weighted by atomic mass is 35.5. The number of halogens is 2. The van der Waals surface area contributed by atoms with Crippen molar-refractivity contribution in [2.45, 2.75) is 12.8 Å². The predicted molar refractivity (Wildman–Crippen MR) is 70.6 cm³/mol. The molecule has 2 heterocycles. The zero-order valence-corrected chi connectivity index (χ0v) is 11.2. The van der Waals surface area contributed by atoms with Crippen LogP contribution in [0.2, 0.25) is 10.3 Å². The number of hydrogen-bond donors (Lipinski definition) is 0. The van der Waals surface area contributed by atoms with E-state index in [9.17, 15) is 0 Å². The van der Waals surface area contributed by atoms with E-state index in [4.69, 9.17) is 27.9 Å². The fraction of sp³-hybridized carbons (Fsp3) is 0.231. The van der Waals surface area contributed by atoms with Crippen LogP contribution >= 0.6 is 23.2 Å². The molecular formula is C13H10Cl2N2O. The van der Waals surface area contributed by atoms with Crippen LogP contribution in [0.4, 0.5) is 0 Å². The molecule has 1 aliphatic rings. The molecule has 1 aromatic carbocycles. The highest BCUT2D eigenvalue weighted by molar-refractivity contribution is 6.34. The molecule has 2 aromatic rings. The van der Waals surface area contributed by atoms with Crippen LogP contribution in [0.25, 0.3) is 0 Å². The first-order valence-corrected chi connectivity index (χ1v) is 6.33. The molecule has 1 aromatic heterocycles. The van der Waals surface area contributed by atoms with E-state index in [2.05, 4.69) is 9.97 Å². The molecule has 0 spiro atoms. The molecule has 3 nitrogen and oxygen atoms in total. The van der Waals surface area contributed by atoms with Crippen molar-refractivity contribution in [2.75, 3.05) is 6.61 Å². The third-order valence-electron chi connectivity index (χ3n) is 3.06. The third kappa shape index (κ3) is 1.84. The topological polar surface area (TPSA) is 35.0 Å². The van der Waals surface area contributed by atoms with E-state index in [0.29, 0.717) is 28.3 Å². The summed E-state index contributed by atoms with van der Waals surface area (Å²) in [5.41, 5.74) is 1.78. The molecule has 1 aliphatic heterocycles. The Balaban J connectivity index is 2.08. The summed E-state index contributed by atoms with van der Waals surface area (Å²) in [6, 6.07) is 7.86. The minimum Gasteiger partial charge on any atom is -0.492 e. The maximum atomic E-state index is 6.05. The molecular weight excluding hydrogens is 271 g/mol. The zero-order chi connectivity index (χ0) is 12.7. The minimum atomic E-state index is -0.00296. The average Bonchev–Trinajstić information content (AvgIpc) is 2.79. The van der Waals surface area contributed by atoms with Crippen molar-refractivity contribution in [1.82, 2.24) is 9.97 Å². The Hall–Kier alpha value is -1.32. The van der Waals surface area contributed by atoms with Crippen LogP contribution in [0.3, 0.4) is 0 Å². The van der Waals surface area contributed by atoms with E-state index in [-0.39, 0.29) is 5.92 Å². The molecule has 0 radical (unpaired) electrons. The molecule has 0 N–H and O–H groups in total. The normalized spacial score (nSPS) is 17.4. The van der Waals surface area contributed by atoms with Crippen LogP contribution < -0.4 is 4.74 Å². The van der Waals surface area contributed by atoms with Crippen molar-refractivity contribution < 1.29 is 4.74 Å². The van der Waals surface area contributed by atoms with Crippen LogP contribution in [0, 0.1) is 6.92 Å². The second-order valence-electron chi connectivity index (χ2n) is 4.19. The predicted octanol–water partition coefficient (Wildman–Crippen LogP) is 3.62. The lowest BCUT2D eigenvalue weighted by atomic mass is 10.0. The molecule has 18 heavy (non-hydrogen) atoms. The molecule has 1 unspecified atom stereocenters. The maximum Gasteiger partial charge on any atom is 0.142 e. The number of nitrogens with zero attached hydrogens (tertiary/aromatic N) is 2. The summed E-state index contributed by atoms with van der Waals surface area (Å²) in [5, 5.41) is 0.795. The number of fused-ring (bicyclic) bond motifs is 1. The molecule has 5 heteroatoms. The van der Waals surface area contributed by atoms with Gasteiger partial charge in [0.15, 0.2) is 0 Å². The van der Waals surface area contributed by atoms with Crippen LogP contribution in [0.15, 0.2) is 24.3 Å². The maximum absolute atomic E-state index is 6.05. The molecule has 92 valence electrons. The molecule has 3 rings (SSSR count). The average molecular weight is 281 g/mol. The van der Waals surface area contributed by atoms with Gasteiger partial charge < -0.3 is 4.74 Å². The molecule has 0 amide bonds. The number of benzene rings is 1. The van der Waals surface area contributed by atoms with Gasteiger partial charge in [0.25, 0.3) is 0 Å². The van der Waals surface area contributed by atoms with Crippen LogP contribution in [0.5, 0.6) is 5.75 Å². The summed E-state index contributed by atoms with van der Waals surface area (Å²) < 4.78 is 5.61. The summed E-state index contributed by atoms with van der Waals surface area (Å²) in [4.78, 5) is 8.61. The van der Waals surface area contributed by atoms with Gasteiger partial charge in [-0.25, -0.2) is 9.97 Å². The van der Waals surface area contributed by atoms with Crippen molar-refractivity contribution >= 4 is 23.2 Å². The highest BCUT2D eigenvalue weighted by Crippen LogP contribution is 2.37. The monoisotopic (exact) mass is 280 g/mol. The summed E-state index contributed by atoms with van der Waals surface area (Å²) in [7, 11) is 0. The van der Waals surface area contributed by atoms with Gasteiger partial charge in [0, 0.05) is 11.1 Å². The standard InChI is InChI=1S/C13H10Cl2N2O/c1-7-11(14)16-13(17-12(7)15)9-6-18-10-5-3-2-4-8(9)10/h2-5,9H,6H2,1H3. The Kier molecular flexibility index (Phi) is 2.88. The summed E-state index contributed by atoms with van der Waals surface area (Å²) in [5.74, 6) is 1.48. The van der Waals surface area contributed by atoms with Gasteiger partial charge in [-0.2, -0.15) is 0 Å². The summed E-state index contributed by atoms with van der Waals surface area (Å²) in [6.07, 6.45) is 0. The van der Waals surface area contributed by atoms with E-state index in [1.54, 1.807) is 6.92 Å². The summed E-state index contributed by atoms with van der Waals surface area (Å²) in [6.45, 7) is 2.32. The molecule has 0 saturated heterocycles. The number of aromatic nitrogens is 2. The molecule has 0 aliphatic carbocycles. The van der Waals surface area contributed by atoms with E-state index in [1.165, 1.54) is 0 Å². The van der Waals surface area contributed by atoms with Gasteiger partial charge in [-0.1, -0.05) is 41.4 Å². The van der Waals surface area contributed by atoms with Crippen molar-refractivity contribution in [3.8, 4) is 5.75 Å². The highest BCUT2D eigenvalue weighted by Gasteiger charge is 2.28. The van der Waals surface area contributed by atoms with Gasteiger partial charge in [-0.15, -0.1) is 0 Å². The summed E-state index contributed by atoms with van der Waals surface area (Å²) >= 11 is 12.1. The minimum absolute atomic E-state index is 0.00296. The van der Waals surface area contributed by atoms with Crippen LogP contribution in [-0.2, 0) is 0 Å². The van der Waals surface area contributed by atoms with Gasteiger partial charge in [-0.05, 0) is 13.0 Å². The lowest BCUT2D eigenvalue weighted by Crippen LogP contribution is -2.08. The van der Waals surface area contributed by atoms with Crippen molar-refractivity contribution in [1.29, 1.82) is 0 Å². The van der Waals surface area contributed by atoms with E-state index in [0.717, 1.165) is 11.3 Å². The third-order valence-corrected chi connectivity index (χ3v) is 3.79. The molecule has 0 fully saturated rings. The Morgan fingerprint density at radius 3 is 2.56 bits per heavy atom. The fourth-order valence-corrected chi connectivity index (χ4v) is 2.41. The number of rotatable bonds is 1. The Bertz CT molecular complexity index is 593. The molecule has 1 atom stereocenters. The van der Waals surface area contributed by atoms with Crippen molar-refractivity contribution in [3.05, 3.63) is 51.5 Å².